The zero-order chi connectivity index (χ0) is 26.1. The Bertz CT molecular complexity index is 1450. The number of anilines is 2. The summed E-state index contributed by atoms with van der Waals surface area (Å²) in [5.74, 6) is 0.134. The Morgan fingerprint density at radius 3 is 2.42 bits per heavy atom. The fourth-order valence-corrected chi connectivity index (χ4v) is 5.45. The minimum absolute atomic E-state index is 0.185. The maximum atomic E-state index is 11.8. The molecule has 9 heteroatoms. The van der Waals surface area contributed by atoms with Crippen LogP contribution in [-0.4, -0.2) is 47.5 Å². The second-order valence-electron chi connectivity index (χ2n) is 9.17. The van der Waals surface area contributed by atoms with Crippen molar-refractivity contribution in [2.75, 3.05) is 36.1 Å². The first-order valence-corrected chi connectivity index (χ1v) is 12.9. The number of hydrogen-bond donors (Lipinski definition) is 2. The Morgan fingerprint density at radius 2 is 1.68 bits per heavy atom. The molecular weight excluding hydrogens is 500 g/mol. The zero-order valence-electron chi connectivity index (χ0n) is 20.5. The number of benzene rings is 2. The van der Waals surface area contributed by atoms with Crippen LogP contribution in [0.3, 0.4) is 0 Å². The van der Waals surface area contributed by atoms with E-state index in [1.807, 2.05) is 35.2 Å². The SMILES string of the molecule is O=C(O)c1ccccc1-c1ccc([C@H]2[C@@H](c3ccccn3)NC(=S)N2c2ccc(N3CCOCC3)cc2)o1. The summed E-state index contributed by atoms with van der Waals surface area (Å²) in [7, 11) is 0. The molecule has 0 saturated carbocycles. The summed E-state index contributed by atoms with van der Waals surface area (Å²) in [4.78, 5) is 20.8. The van der Waals surface area contributed by atoms with Crippen LogP contribution in [0.1, 0.15) is 33.9 Å². The van der Waals surface area contributed by atoms with Gasteiger partial charge in [-0.25, -0.2) is 4.79 Å². The number of pyridine rings is 1. The molecular formula is C29H26N4O4S. The summed E-state index contributed by atoms with van der Waals surface area (Å²) in [5.41, 5.74) is 3.60. The standard InChI is InChI=1S/C29H26N4O4S/c34-28(35)22-6-2-1-5-21(22)24-12-13-25(37-24)27-26(23-7-3-4-14-30-23)31-29(38)33(27)20-10-8-19(9-11-20)32-15-17-36-18-16-32/h1-14,26-27H,15-18H2,(H,31,38)(H,34,35)/t26-,27+/m1/s1. The largest absolute Gasteiger partial charge is 0.478 e. The van der Waals surface area contributed by atoms with Gasteiger partial charge in [0.2, 0.25) is 0 Å². The number of carboxylic acid groups (broad SMARTS) is 1. The third-order valence-electron chi connectivity index (χ3n) is 6.94. The molecule has 0 spiro atoms. The molecule has 2 saturated heterocycles. The van der Waals surface area contributed by atoms with Crippen molar-refractivity contribution in [1.82, 2.24) is 10.3 Å². The van der Waals surface area contributed by atoms with Crippen molar-refractivity contribution >= 4 is 34.7 Å². The highest BCUT2D eigenvalue weighted by molar-refractivity contribution is 7.80. The number of carbonyl (C=O) groups is 1. The lowest BCUT2D eigenvalue weighted by Crippen LogP contribution is -2.36. The van der Waals surface area contributed by atoms with Gasteiger partial charge in [0.1, 0.15) is 17.6 Å². The number of aromatic nitrogens is 1. The van der Waals surface area contributed by atoms with Gasteiger partial charge in [0, 0.05) is 36.2 Å². The molecule has 2 fully saturated rings. The molecule has 8 nitrogen and oxygen atoms in total. The summed E-state index contributed by atoms with van der Waals surface area (Å²) < 4.78 is 11.8. The van der Waals surface area contributed by atoms with Crippen LogP contribution < -0.4 is 15.1 Å². The van der Waals surface area contributed by atoms with Gasteiger partial charge in [-0.05, 0) is 66.8 Å². The molecule has 38 heavy (non-hydrogen) atoms. The second kappa shape index (κ2) is 10.3. The maximum absolute atomic E-state index is 11.8. The Labute approximate surface area is 225 Å². The molecule has 0 radical (unpaired) electrons. The van der Waals surface area contributed by atoms with E-state index in [9.17, 15) is 9.90 Å². The van der Waals surface area contributed by atoms with Crippen molar-refractivity contribution in [3.63, 3.8) is 0 Å². The molecule has 0 unspecified atom stereocenters. The number of nitrogens with one attached hydrogen (secondary N) is 1. The fourth-order valence-electron chi connectivity index (χ4n) is 5.11. The molecule has 2 atom stereocenters. The predicted molar refractivity (Wildman–Crippen MR) is 149 cm³/mol. The van der Waals surface area contributed by atoms with Crippen molar-refractivity contribution in [1.29, 1.82) is 0 Å². The van der Waals surface area contributed by atoms with E-state index in [0.717, 1.165) is 43.4 Å². The Balaban J connectivity index is 1.39. The quantitative estimate of drug-likeness (QED) is 0.335. The molecule has 2 aliphatic rings. The van der Waals surface area contributed by atoms with E-state index in [-0.39, 0.29) is 17.6 Å². The van der Waals surface area contributed by atoms with E-state index in [4.69, 9.17) is 21.4 Å². The molecule has 2 aliphatic heterocycles. The van der Waals surface area contributed by atoms with Gasteiger partial charge in [0.25, 0.3) is 0 Å². The lowest BCUT2D eigenvalue weighted by atomic mass is 10.0. The minimum atomic E-state index is -1.00. The highest BCUT2D eigenvalue weighted by Crippen LogP contribution is 2.43. The second-order valence-corrected chi connectivity index (χ2v) is 9.55. The molecule has 0 aliphatic carbocycles. The van der Waals surface area contributed by atoms with Crippen LogP contribution in [0.25, 0.3) is 11.3 Å². The lowest BCUT2D eigenvalue weighted by Gasteiger charge is -2.30. The normalized spacial score (nSPS) is 19.4. The van der Waals surface area contributed by atoms with Crippen LogP contribution in [0.4, 0.5) is 11.4 Å². The summed E-state index contributed by atoms with van der Waals surface area (Å²) in [6, 6.07) is 24.0. The van der Waals surface area contributed by atoms with Gasteiger partial charge in [-0.2, -0.15) is 0 Å². The van der Waals surface area contributed by atoms with Crippen LogP contribution in [0.2, 0.25) is 0 Å². The van der Waals surface area contributed by atoms with Crippen molar-refractivity contribution in [2.24, 2.45) is 0 Å². The van der Waals surface area contributed by atoms with Crippen LogP contribution >= 0.6 is 12.2 Å². The van der Waals surface area contributed by atoms with Crippen LogP contribution in [0.5, 0.6) is 0 Å². The number of carboxylic acids is 1. The van der Waals surface area contributed by atoms with Gasteiger partial charge in [-0.3, -0.25) is 4.98 Å². The number of rotatable bonds is 6. The highest BCUT2D eigenvalue weighted by atomic mass is 32.1. The summed E-state index contributed by atoms with van der Waals surface area (Å²) >= 11 is 5.83. The van der Waals surface area contributed by atoms with E-state index in [0.29, 0.717) is 22.2 Å². The molecule has 2 aromatic carbocycles. The van der Waals surface area contributed by atoms with E-state index in [1.54, 1.807) is 30.5 Å². The summed E-state index contributed by atoms with van der Waals surface area (Å²) in [6.07, 6.45) is 1.76. The first-order valence-electron chi connectivity index (χ1n) is 12.5. The zero-order valence-corrected chi connectivity index (χ0v) is 21.3. The van der Waals surface area contributed by atoms with Gasteiger partial charge >= 0.3 is 5.97 Å². The number of thiocarbonyl (C=S) groups is 1. The highest BCUT2D eigenvalue weighted by Gasteiger charge is 2.42. The third kappa shape index (κ3) is 4.51. The van der Waals surface area contributed by atoms with E-state index < -0.39 is 5.97 Å². The molecule has 0 amide bonds. The molecule has 4 aromatic rings. The molecule has 0 bridgehead atoms. The van der Waals surface area contributed by atoms with Gasteiger partial charge < -0.3 is 29.4 Å². The van der Waals surface area contributed by atoms with Crippen molar-refractivity contribution < 1.29 is 19.1 Å². The molecule has 192 valence electrons. The van der Waals surface area contributed by atoms with E-state index >= 15 is 0 Å². The van der Waals surface area contributed by atoms with Gasteiger partial charge in [0.05, 0.1) is 30.5 Å². The summed E-state index contributed by atoms with van der Waals surface area (Å²) in [6.45, 7) is 3.17. The van der Waals surface area contributed by atoms with Gasteiger partial charge in [0.15, 0.2) is 5.11 Å². The number of nitrogens with zero attached hydrogens (tertiary/aromatic N) is 3. The van der Waals surface area contributed by atoms with Crippen LogP contribution in [0, 0.1) is 0 Å². The number of furan rings is 1. The molecule has 4 heterocycles. The Morgan fingerprint density at radius 1 is 0.947 bits per heavy atom. The van der Waals surface area contributed by atoms with E-state index in [2.05, 4.69) is 39.5 Å². The topological polar surface area (TPSA) is 91.1 Å². The smallest absolute Gasteiger partial charge is 0.336 e. The Hall–Kier alpha value is -4.21. The first kappa shape index (κ1) is 24.1. The number of morpholine rings is 1. The van der Waals surface area contributed by atoms with Crippen molar-refractivity contribution in [3.8, 4) is 11.3 Å². The first-order chi connectivity index (χ1) is 18.6. The van der Waals surface area contributed by atoms with Gasteiger partial charge in [-0.15, -0.1) is 0 Å². The average molecular weight is 527 g/mol. The number of hydrogen-bond acceptors (Lipinski definition) is 6. The number of aromatic carboxylic acids is 1. The lowest BCUT2D eigenvalue weighted by molar-refractivity contribution is 0.0697. The van der Waals surface area contributed by atoms with Gasteiger partial charge in [-0.1, -0.05) is 24.3 Å². The monoisotopic (exact) mass is 526 g/mol. The number of ether oxygens (including phenoxy) is 1. The molecule has 2 N–H and O–H groups in total. The minimum Gasteiger partial charge on any atom is -0.478 e. The van der Waals surface area contributed by atoms with Crippen molar-refractivity contribution in [2.45, 2.75) is 12.1 Å². The van der Waals surface area contributed by atoms with Crippen molar-refractivity contribution in [3.05, 3.63) is 102 Å². The fraction of sp³-hybridized carbons (Fsp3) is 0.207. The molecule has 2 aromatic heterocycles. The Kier molecular flexibility index (Phi) is 6.53. The van der Waals surface area contributed by atoms with Crippen LogP contribution in [0.15, 0.2) is 89.5 Å². The summed E-state index contributed by atoms with van der Waals surface area (Å²) in [5, 5.41) is 13.7. The molecule has 6 rings (SSSR count). The average Bonchev–Trinajstić information content (AvgIpc) is 3.59. The third-order valence-corrected chi connectivity index (χ3v) is 7.26. The predicted octanol–water partition coefficient (Wildman–Crippen LogP) is 5.05. The van der Waals surface area contributed by atoms with E-state index in [1.165, 1.54) is 0 Å². The maximum Gasteiger partial charge on any atom is 0.336 e. The van der Waals surface area contributed by atoms with Crippen LogP contribution in [-0.2, 0) is 4.74 Å².